The first kappa shape index (κ1) is 23.9. The van der Waals surface area contributed by atoms with E-state index in [1.165, 1.54) is 0 Å². The minimum absolute atomic E-state index is 0.0806. The topological polar surface area (TPSA) is 29.5 Å². The zero-order valence-electron chi connectivity index (χ0n) is 16.4. The highest BCUT2D eigenvalue weighted by atomic mass is 32.9. The Balaban J connectivity index is 4.84. The Kier molecular flexibility index (Phi) is 12.0. The summed E-state index contributed by atoms with van der Waals surface area (Å²) in [4.78, 5) is 10.8. The second-order valence-electron chi connectivity index (χ2n) is 8.44. The maximum atomic E-state index is 10.8. The molecule has 0 aromatic heterocycles. The summed E-state index contributed by atoms with van der Waals surface area (Å²) in [7, 11) is 0. The number of rotatable bonds is 12. The van der Waals surface area contributed by atoms with E-state index in [1.54, 1.807) is 11.4 Å². The lowest BCUT2D eigenvalue weighted by atomic mass is 9.98. The van der Waals surface area contributed by atoms with Gasteiger partial charge in [-0.25, -0.2) is 0 Å². The molecule has 0 bridgehead atoms. The van der Waals surface area contributed by atoms with E-state index in [0.717, 1.165) is 25.7 Å². The monoisotopic (exact) mass is 382 g/mol. The molecular weight excluding hydrogens is 343 g/mol. The lowest BCUT2D eigenvalue weighted by Gasteiger charge is -2.29. The maximum Gasteiger partial charge on any atom is 0.245 e. The quantitative estimate of drug-likeness (QED) is 0.373. The van der Waals surface area contributed by atoms with E-state index in [4.69, 9.17) is 16.3 Å². The van der Waals surface area contributed by atoms with Crippen LogP contribution >= 0.6 is 17.1 Å². The molecule has 0 heterocycles. The van der Waals surface area contributed by atoms with E-state index in [-0.39, 0.29) is 6.10 Å². The van der Waals surface area contributed by atoms with Crippen molar-refractivity contribution in [2.45, 2.75) is 92.4 Å². The molecule has 0 aromatic carbocycles. The van der Waals surface area contributed by atoms with Crippen molar-refractivity contribution in [3.63, 3.8) is 0 Å². The van der Waals surface area contributed by atoms with Crippen molar-refractivity contribution in [1.29, 1.82) is 0 Å². The Morgan fingerprint density at radius 1 is 0.783 bits per heavy atom. The molecule has 0 saturated carbocycles. The minimum atomic E-state index is -2.78. The van der Waals surface area contributed by atoms with E-state index in [2.05, 4.69) is 55.4 Å². The molecule has 0 spiro atoms. The molecule has 0 fully saturated rings. The van der Waals surface area contributed by atoms with Gasteiger partial charge >= 0.3 is 0 Å². The van der Waals surface area contributed by atoms with Crippen LogP contribution in [0.3, 0.4) is 0 Å². The second-order valence-corrected chi connectivity index (χ2v) is 14.8. The molecule has 1 unspecified atom stereocenters. The first-order valence-corrected chi connectivity index (χ1v) is 13.3. The molecule has 2 nitrogen and oxygen atoms in total. The standard InChI is InChI=1S/C18H39O2PS2/c1-13(2)9-17(10-14(3)4)20-21(19,22)23-18(11-15(5)6)12-16(7)8/h13-18H,9-12H2,1-8H3,(H,19,22). The highest BCUT2D eigenvalue weighted by Crippen LogP contribution is 2.61. The van der Waals surface area contributed by atoms with Gasteiger partial charge < -0.3 is 9.42 Å². The third-order valence-corrected chi connectivity index (χ3v) is 8.00. The van der Waals surface area contributed by atoms with Crippen LogP contribution in [0.5, 0.6) is 0 Å². The van der Waals surface area contributed by atoms with Crippen molar-refractivity contribution in [1.82, 2.24) is 0 Å². The fourth-order valence-electron chi connectivity index (χ4n) is 2.87. The lowest BCUT2D eigenvalue weighted by Crippen LogP contribution is -2.17. The minimum Gasteiger partial charge on any atom is -0.337 e. The summed E-state index contributed by atoms with van der Waals surface area (Å²) in [6.07, 6.45) is 4.19. The van der Waals surface area contributed by atoms with Crippen LogP contribution in [-0.4, -0.2) is 16.2 Å². The molecule has 0 aliphatic rings. The normalized spacial score (nSPS) is 15.6. The summed E-state index contributed by atoms with van der Waals surface area (Å²) in [5, 5.41) is 0.393. The van der Waals surface area contributed by atoms with Crippen molar-refractivity contribution in [3.05, 3.63) is 0 Å². The van der Waals surface area contributed by atoms with Crippen molar-refractivity contribution in [2.24, 2.45) is 23.7 Å². The van der Waals surface area contributed by atoms with Crippen molar-refractivity contribution < 1.29 is 9.42 Å². The van der Waals surface area contributed by atoms with E-state index in [9.17, 15) is 4.89 Å². The van der Waals surface area contributed by atoms with Gasteiger partial charge in [0.05, 0.1) is 6.10 Å². The molecular formula is C18H39O2PS2. The van der Waals surface area contributed by atoms with E-state index in [1.807, 2.05) is 0 Å². The van der Waals surface area contributed by atoms with Crippen LogP contribution in [0.4, 0.5) is 0 Å². The summed E-state index contributed by atoms with van der Waals surface area (Å²) >= 11 is 7.06. The van der Waals surface area contributed by atoms with Gasteiger partial charge in [0.15, 0.2) is 0 Å². The largest absolute Gasteiger partial charge is 0.337 e. The average Bonchev–Trinajstić information content (AvgIpc) is 2.22. The summed E-state index contributed by atoms with van der Waals surface area (Å²) in [6, 6.07) is 0. The van der Waals surface area contributed by atoms with Crippen molar-refractivity contribution in [2.75, 3.05) is 0 Å². The molecule has 0 rings (SSSR count). The van der Waals surface area contributed by atoms with Crippen molar-refractivity contribution >= 4 is 28.9 Å². The van der Waals surface area contributed by atoms with Crippen LogP contribution in [0.15, 0.2) is 0 Å². The zero-order valence-corrected chi connectivity index (χ0v) is 18.9. The Hall–Kier alpha value is 0.920. The van der Waals surface area contributed by atoms with Gasteiger partial charge in [-0.3, -0.25) is 0 Å². The van der Waals surface area contributed by atoms with Crippen LogP contribution < -0.4 is 0 Å². The molecule has 0 aliphatic carbocycles. The molecule has 0 aliphatic heterocycles. The van der Waals surface area contributed by atoms with Crippen molar-refractivity contribution in [3.8, 4) is 0 Å². The fourth-order valence-corrected chi connectivity index (χ4v) is 8.41. The Labute approximate surface area is 154 Å². The molecule has 23 heavy (non-hydrogen) atoms. The van der Waals surface area contributed by atoms with Crippen LogP contribution in [0, 0.1) is 23.7 Å². The van der Waals surface area contributed by atoms with Crippen LogP contribution in [0.1, 0.15) is 81.1 Å². The predicted octanol–water partition coefficient (Wildman–Crippen LogP) is 6.87. The fraction of sp³-hybridized carbons (Fsp3) is 1.00. The van der Waals surface area contributed by atoms with Gasteiger partial charge in [-0.15, -0.1) is 0 Å². The summed E-state index contributed by atoms with van der Waals surface area (Å²) in [6.45, 7) is 17.7. The Bertz CT molecular complexity index is 307. The molecule has 0 saturated heterocycles. The molecule has 5 heteroatoms. The predicted molar refractivity (Wildman–Crippen MR) is 111 cm³/mol. The molecule has 0 radical (unpaired) electrons. The van der Waals surface area contributed by atoms with Gasteiger partial charge in [-0.1, -0.05) is 66.8 Å². The zero-order chi connectivity index (χ0) is 18.2. The molecule has 140 valence electrons. The van der Waals surface area contributed by atoms with E-state index < -0.39 is 5.69 Å². The van der Waals surface area contributed by atoms with E-state index >= 15 is 0 Å². The molecule has 1 N–H and O–H groups in total. The SMILES string of the molecule is CC(C)CC(CC(C)C)OP(O)(=S)SC(CC(C)C)CC(C)C. The molecule has 1 atom stereocenters. The first-order valence-electron chi connectivity index (χ1n) is 9.10. The molecule has 0 aromatic rings. The second kappa shape index (κ2) is 11.5. The van der Waals surface area contributed by atoms with Gasteiger partial charge in [-0.05, 0) is 61.2 Å². The Morgan fingerprint density at radius 3 is 1.43 bits per heavy atom. The van der Waals surface area contributed by atoms with Gasteiger partial charge in [0.2, 0.25) is 5.69 Å². The van der Waals surface area contributed by atoms with Gasteiger partial charge in [-0.2, -0.15) is 0 Å². The van der Waals surface area contributed by atoms with Gasteiger partial charge in [0.25, 0.3) is 0 Å². The van der Waals surface area contributed by atoms with Gasteiger partial charge in [0, 0.05) is 5.25 Å². The summed E-state index contributed by atoms with van der Waals surface area (Å²) in [5.74, 6) is 2.34. The highest BCUT2D eigenvalue weighted by Gasteiger charge is 2.27. The third kappa shape index (κ3) is 13.8. The average molecular weight is 383 g/mol. The van der Waals surface area contributed by atoms with E-state index in [0.29, 0.717) is 28.9 Å². The van der Waals surface area contributed by atoms with Crippen LogP contribution in [0.25, 0.3) is 0 Å². The number of hydrogen-bond donors (Lipinski definition) is 1. The lowest BCUT2D eigenvalue weighted by molar-refractivity contribution is 0.155. The highest BCUT2D eigenvalue weighted by molar-refractivity contribution is 8.67. The third-order valence-electron chi connectivity index (χ3n) is 3.50. The van der Waals surface area contributed by atoms with Crippen LogP contribution in [-0.2, 0) is 16.3 Å². The van der Waals surface area contributed by atoms with Crippen LogP contribution in [0.2, 0.25) is 0 Å². The first-order chi connectivity index (χ1) is 10.4. The maximum absolute atomic E-state index is 10.8. The Morgan fingerprint density at radius 2 is 1.13 bits per heavy atom. The van der Waals surface area contributed by atoms with Gasteiger partial charge in [0.1, 0.15) is 0 Å². The molecule has 0 amide bonds. The number of hydrogen-bond acceptors (Lipinski definition) is 3. The summed E-state index contributed by atoms with van der Waals surface area (Å²) in [5.41, 5.74) is -2.78. The smallest absolute Gasteiger partial charge is 0.245 e. The summed E-state index contributed by atoms with van der Waals surface area (Å²) < 4.78 is 6.10.